The van der Waals surface area contributed by atoms with E-state index in [4.69, 9.17) is 18.9 Å². The maximum absolute atomic E-state index is 11.9. The number of hydrogen-bond donors (Lipinski definition) is 8. The zero-order valence-electron chi connectivity index (χ0n) is 19.6. The summed E-state index contributed by atoms with van der Waals surface area (Å²) in [5.41, 5.74) is -0.488. The van der Waals surface area contributed by atoms with Gasteiger partial charge >= 0.3 is 11.9 Å². The van der Waals surface area contributed by atoms with Crippen LogP contribution in [0.2, 0.25) is 0 Å². The second-order valence-electron chi connectivity index (χ2n) is 7.91. The zero-order chi connectivity index (χ0) is 27.7. The third kappa shape index (κ3) is 8.88. The summed E-state index contributed by atoms with van der Waals surface area (Å²) in [6, 6.07) is 3.55. The van der Waals surface area contributed by atoms with E-state index >= 15 is 0 Å². The maximum Gasteiger partial charge on any atom is 0.338 e. The lowest BCUT2D eigenvalue weighted by atomic mass is 10.2. The average Bonchev–Trinajstić information content (AvgIpc) is 2.85. The number of ether oxygens (including phenoxy) is 4. The molecule has 2 aromatic rings. The molecule has 14 heteroatoms. The summed E-state index contributed by atoms with van der Waals surface area (Å²) >= 11 is 0. The maximum atomic E-state index is 11.9. The van der Waals surface area contributed by atoms with Crippen LogP contribution in [0.5, 0.6) is 34.5 Å². The second-order valence-corrected chi connectivity index (χ2v) is 7.91. The van der Waals surface area contributed by atoms with Crippen LogP contribution >= 0.6 is 0 Å². The Balaban J connectivity index is 1.63. The molecule has 0 radical (unpaired) electrons. The number of phenols is 6. The van der Waals surface area contributed by atoms with Crippen molar-refractivity contribution in [2.75, 3.05) is 33.0 Å². The van der Waals surface area contributed by atoms with Crippen LogP contribution in [-0.4, -0.2) is 104 Å². The first-order chi connectivity index (χ1) is 17.4. The van der Waals surface area contributed by atoms with E-state index in [1.54, 1.807) is 6.92 Å². The molecule has 0 heterocycles. The third-order valence-corrected chi connectivity index (χ3v) is 4.66. The fourth-order valence-corrected chi connectivity index (χ4v) is 2.74. The third-order valence-electron chi connectivity index (χ3n) is 4.66. The number of benzene rings is 2. The van der Waals surface area contributed by atoms with Crippen molar-refractivity contribution in [3.05, 3.63) is 35.4 Å². The molecule has 37 heavy (non-hydrogen) atoms. The van der Waals surface area contributed by atoms with Crippen molar-refractivity contribution >= 4 is 11.9 Å². The van der Waals surface area contributed by atoms with Gasteiger partial charge in [-0.1, -0.05) is 0 Å². The minimum absolute atomic E-state index is 0.0106. The minimum atomic E-state index is -1.21. The largest absolute Gasteiger partial charge is 0.504 e. The molecule has 0 bridgehead atoms. The number of aliphatic hydroxyl groups is 2. The molecule has 0 aliphatic rings. The van der Waals surface area contributed by atoms with Gasteiger partial charge in [0.2, 0.25) is 0 Å². The van der Waals surface area contributed by atoms with Gasteiger partial charge < -0.3 is 59.8 Å². The monoisotopic (exact) mass is 528 g/mol. The van der Waals surface area contributed by atoms with Gasteiger partial charge in [0.15, 0.2) is 34.5 Å². The highest BCUT2D eigenvalue weighted by molar-refractivity contribution is 5.91. The number of rotatable bonds is 13. The number of esters is 2. The molecule has 8 N–H and O–H groups in total. The number of phenolic OH excluding ortho intramolecular Hbond substituents is 6. The molecule has 0 spiro atoms. The van der Waals surface area contributed by atoms with Crippen LogP contribution in [0, 0.1) is 0 Å². The Morgan fingerprint density at radius 3 is 1.43 bits per heavy atom. The molecular formula is C23H28O14. The van der Waals surface area contributed by atoms with E-state index in [1.807, 2.05) is 0 Å². The van der Waals surface area contributed by atoms with Crippen molar-refractivity contribution in [3.8, 4) is 34.5 Å². The predicted molar refractivity (Wildman–Crippen MR) is 122 cm³/mol. The molecule has 2 aromatic carbocycles. The topological polar surface area (TPSA) is 233 Å². The van der Waals surface area contributed by atoms with Gasteiger partial charge in [-0.2, -0.15) is 0 Å². The highest BCUT2D eigenvalue weighted by Crippen LogP contribution is 2.36. The molecule has 0 fully saturated rings. The first-order valence-electron chi connectivity index (χ1n) is 10.8. The zero-order valence-corrected chi connectivity index (χ0v) is 19.6. The SMILES string of the molecule is CC(COCC(O)COC(=O)c1cc(O)c(O)c(O)c1)OCC(O)COC(=O)c1cc(O)c(O)c(O)c1. The summed E-state index contributed by atoms with van der Waals surface area (Å²) in [5, 5.41) is 76.0. The van der Waals surface area contributed by atoms with Gasteiger partial charge in [0.05, 0.1) is 37.1 Å². The molecule has 0 aromatic heterocycles. The van der Waals surface area contributed by atoms with E-state index < -0.39 is 78.0 Å². The predicted octanol–water partition coefficient (Wildman–Crippen LogP) is 0.0775. The summed E-state index contributed by atoms with van der Waals surface area (Å²) in [4.78, 5) is 23.9. The van der Waals surface area contributed by atoms with E-state index in [0.29, 0.717) is 0 Å². The fraction of sp³-hybridized carbons (Fsp3) is 0.391. The standard InChI is InChI=1S/C23H28O14/c1-11(35-8-15(25)10-37-23(33)13-4-18(28)21(31)19(29)5-13)6-34-7-14(24)9-36-22(32)12-2-16(26)20(30)17(27)3-12/h2-5,11,14-15,24-31H,6-10H2,1H3. The van der Waals surface area contributed by atoms with Crippen LogP contribution in [0.3, 0.4) is 0 Å². The van der Waals surface area contributed by atoms with Gasteiger partial charge in [0, 0.05) is 0 Å². The molecule has 3 unspecified atom stereocenters. The molecule has 0 saturated carbocycles. The Bertz CT molecular complexity index is 1040. The van der Waals surface area contributed by atoms with Crippen molar-refractivity contribution in [1.29, 1.82) is 0 Å². The summed E-state index contributed by atoms with van der Waals surface area (Å²) in [5.74, 6) is -6.36. The molecule has 0 amide bonds. The lowest BCUT2D eigenvalue weighted by Gasteiger charge is -2.18. The summed E-state index contributed by atoms with van der Waals surface area (Å²) in [7, 11) is 0. The summed E-state index contributed by atoms with van der Waals surface area (Å²) in [6.07, 6.45) is -2.97. The van der Waals surface area contributed by atoms with Crippen LogP contribution in [0.4, 0.5) is 0 Å². The van der Waals surface area contributed by atoms with E-state index in [9.17, 15) is 50.4 Å². The van der Waals surface area contributed by atoms with Gasteiger partial charge in [0.25, 0.3) is 0 Å². The molecule has 0 saturated heterocycles. The summed E-state index contributed by atoms with van der Waals surface area (Å²) < 4.78 is 20.3. The molecule has 0 aliphatic carbocycles. The molecule has 14 nitrogen and oxygen atoms in total. The lowest BCUT2D eigenvalue weighted by Crippen LogP contribution is -2.29. The van der Waals surface area contributed by atoms with Gasteiger partial charge in [-0.15, -0.1) is 0 Å². The average molecular weight is 528 g/mol. The second kappa shape index (κ2) is 13.4. The van der Waals surface area contributed by atoms with Crippen molar-refractivity contribution in [2.24, 2.45) is 0 Å². The Morgan fingerprint density at radius 2 is 1.03 bits per heavy atom. The number of hydrogen-bond acceptors (Lipinski definition) is 14. The van der Waals surface area contributed by atoms with Gasteiger partial charge in [0.1, 0.15) is 25.4 Å². The van der Waals surface area contributed by atoms with E-state index in [2.05, 4.69) is 0 Å². The Hall–Kier alpha value is -3.98. The smallest absolute Gasteiger partial charge is 0.338 e. The van der Waals surface area contributed by atoms with Gasteiger partial charge in [-0.05, 0) is 31.2 Å². The van der Waals surface area contributed by atoms with Crippen molar-refractivity contribution < 1.29 is 69.4 Å². The van der Waals surface area contributed by atoms with E-state index in [1.165, 1.54) is 0 Å². The van der Waals surface area contributed by atoms with E-state index in [-0.39, 0.29) is 30.9 Å². The molecule has 204 valence electrons. The van der Waals surface area contributed by atoms with Gasteiger partial charge in [-0.3, -0.25) is 0 Å². The molecule has 3 atom stereocenters. The summed E-state index contributed by atoms with van der Waals surface area (Å²) in [6.45, 7) is 0.197. The van der Waals surface area contributed by atoms with Crippen LogP contribution in [0.15, 0.2) is 24.3 Å². The highest BCUT2D eigenvalue weighted by atomic mass is 16.6. The number of aromatic hydroxyl groups is 6. The highest BCUT2D eigenvalue weighted by Gasteiger charge is 2.18. The van der Waals surface area contributed by atoms with Crippen LogP contribution < -0.4 is 0 Å². The molecule has 2 rings (SSSR count). The normalized spacial score (nSPS) is 13.5. The van der Waals surface area contributed by atoms with E-state index in [0.717, 1.165) is 24.3 Å². The first kappa shape index (κ1) is 29.3. The number of carbonyl (C=O) groups excluding carboxylic acids is 2. The molecule has 0 aliphatic heterocycles. The number of aliphatic hydroxyl groups excluding tert-OH is 2. The Kier molecular flexibility index (Phi) is 10.6. The lowest BCUT2D eigenvalue weighted by molar-refractivity contribution is -0.0702. The Morgan fingerprint density at radius 1 is 0.649 bits per heavy atom. The van der Waals surface area contributed by atoms with Crippen LogP contribution in [0.1, 0.15) is 27.6 Å². The van der Waals surface area contributed by atoms with Crippen LogP contribution in [0.25, 0.3) is 0 Å². The molecular weight excluding hydrogens is 500 g/mol. The van der Waals surface area contributed by atoms with Crippen molar-refractivity contribution in [2.45, 2.75) is 25.2 Å². The quantitative estimate of drug-likeness (QED) is 0.127. The Labute approximate surface area is 210 Å². The fourth-order valence-electron chi connectivity index (χ4n) is 2.74. The van der Waals surface area contributed by atoms with Crippen molar-refractivity contribution in [3.63, 3.8) is 0 Å². The minimum Gasteiger partial charge on any atom is -0.504 e. The van der Waals surface area contributed by atoms with Crippen LogP contribution in [-0.2, 0) is 18.9 Å². The van der Waals surface area contributed by atoms with Gasteiger partial charge in [-0.25, -0.2) is 9.59 Å². The van der Waals surface area contributed by atoms with Crippen molar-refractivity contribution in [1.82, 2.24) is 0 Å². The number of carbonyl (C=O) groups is 2. The first-order valence-corrected chi connectivity index (χ1v) is 10.8.